The molecule has 3 heterocycles. The monoisotopic (exact) mass is 523 g/mol. The third-order valence-electron chi connectivity index (χ3n) is 6.56. The number of nitrogens with one attached hydrogen (secondary N) is 2. The number of primary amides is 1. The van der Waals surface area contributed by atoms with Gasteiger partial charge in [0.2, 0.25) is 5.91 Å². The molecule has 2 unspecified atom stereocenters. The third kappa shape index (κ3) is 5.08. The van der Waals surface area contributed by atoms with Crippen LogP contribution in [-0.4, -0.2) is 54.6 Å². The van der Waals surface area contributed by atoms with Gasteiger partial charge in [0.05, 0.1) is 0 Å². The van der Waals surface area contributed by atoms with Gasteiger partial charge in [-0.2, -0.15) is 22.0 Å². The number of amides is 1. The summed E-state index contributed by atoms with van der Waals surface area (Å²) < 4.78 is 77.3. The average Bonchev–Trinajstić information content (AvgIpc) is 3.39. The van der Waals surface area contributed by atoms with Crippen LogP contribution in [0.5, 0.6) is 5.75 Å². The molecule has 4 rings (SSSR count). The number of rotatable bonds is 9. The van der Waals surface area contributed by atoms with Gasteiger partial charge in [0.25, 0.3) is 0 Å². The number of hydrogen-bond donors (Lipinski definition) is 3. The molecule has 4 N–H and O–H groups in total. The number of dihydropyridines is 1. The van der Waals surface area contributed by atoms with E-state index in [1.165, 1.54) is 36.7 Å². The molecule has 0 bridgehead atoms. The average molecular weight is 524 g/mol. The normalized spacial score (nSPS) is 24.1. The van der Waals surface area contributed by atoms with Crippen molar-refractivity contribution in [2.45, 2.75) is 49.1 Å². The van der Waals surface area contributed by atoms with Crippen molar-refractivity contribution in [2.75, 3.05) is 13.2 Å². The summed E-state index contributed by atoms with van der Waals surface area (Å²) in [5.74, 6) is -6.86. The zero-order valence-corrected chi connectivity index (χ0v) is 19.6. The number of hydrogen-bond acceptors (Lipinski definition) is 6. The molecule has 198 valence electrons. The van der Waals surface area contributed by atoms with Crippen molar-refractivity contribution >= 4 is 12.1 Å². The number of para-hydroxylation sites is 1. The van der Waals surface area contributed by atoms with Gasteiger partial charge in [-0.25, -0.2) is 0 Å². The molecule has 2 aliphatic heterocycles. The highest BCUT2D eigenvalue weighted by Gasteiger charge is 2.68. The summed E-state index contributed by atoms with van der Waals surface area (Å²) in [6.45, 7) is 0.889. The number of allylic oxidation sites excluding steroid dienone is 1. The summed E-state index contributed by atoms with van der Waals surface area (Å²) in [4.78, 5) is 21.2. The van der Waals surface area contributed by atoms with Crippen molar-refractivity contribution in [1.29, 1.82) is 0 Å². The number of nitrogens with two attached hydrogens (primary N) is 1. The molecule has 1 amide bonds. The summed E-state index contributed by atoms with van der Waals surface area (Å²) in [6, 6.07) is 8.85. The van der Waals surface area contributed by atoms with Crippen molar-refractivity contribution in [2.24, 2.45) is 10.7 Å². The first kappa shape index (κ1) is 26.7. The molecule has 0 saturated carbocycles. The standard InChI is InChI=1S/C25H26F5N5O2/c26-24(27,25(28,29)30)20-9-13-34-22(35-14-16-7-11-32-12-8-16)23(20,21(31)36)18-5-1-2-6-19(18)37-15-17-4-3-10-33-17/h1-2,5-9,11-13,17,22,33,35H,3-4,10,14-15H2,(H2,31,36)/t17-,22?,23?/m0/s1. The number of nitrogens with zero attached hydrogens (tertiary/aromatic N) is 2. The Morgan fingerprint density at radius 3 is 2.54 bits per heavy atom. The molecule has 2 aliphatic rings. The number of carbonyl (C=O) groups excluding carboxylic acids is 1. The lowest BCUT2D eigenvalue weighted by Crippen LogP contribution is -2.62. The third-order valence-corrected chi connectivity index (χ3v) is 6.56. The quantitative estimate of drug-likeness (QED) is 0.438. The summed E-state index contributed by atoms with van der Waals surface area (Å²) in [6.07, 6.45) is -1.55. The highest BCUT2D eigenvalue weighted by Crippen LogP contribution is 2.53. The molecule has 12 heteroatoms. The first-order chi connectivity index (χ1) is 17.6. The number of alkyl halides is 5. The number of carbonyl (C=O) groups is 1. The van der Waals surface area contributed by atoms with Gasteiger partial charge in [0.15, 0.2) is 0 Å². The second-order valence-electron chi connectivity index (χ2n) is 8.86. The number of aliphatic imine (C=N–C) groups is 1. The first-order valence-corrected chi connectivity index (χ1v) is 11.6. The maximum Gasteiger partial charge on any atom is 0.457 e. The van der Waals surface area contributed by atoms with Crippen LogP contribution in [0.15, 0.2) is 65.4 Å². The minimum atomic E-state index is -6.00. The van der Waals surface area contributed by atoms with E-state index in [0.717, 1.165) is 25.6 Å². The summed E-state index contributed by atoms with van der Waals surface area (Å²) >= 11 is 0. The Bertz CT molecular complexity index is 1170. The van der Waals surface area contributed by atoms with Crippen molar-refractivity contribution in [3.63, 3.8) is 0 Å². The Kier molecular flexibility index (Phi) is 7.60. The fraction of sp³-hybridized carbons (Fsp3) is 0.400. The topological polar surface area (TPSA) is 102 Å². The second-order valence-corrected chi connectivity index (χ2v) is 8.86. The Balaban J connectivity index is 1.84. The van der Waals surface area contributed by atoms with E-state index >= 15 is 8.78 Å². The fourth-order valence-electron chi connectivity index (χ4n) is 4.72. The number of aromatic nitrogens is 1. The number of halogens is 5. The van der Waals surface area contributed by atoms with Crippen molar-refractivity contribution in [3.8, 4) is 5.75 Å². The van der Waals surface area contributed by atoms with Crippen molar-refractivity contribution in [3.05, 3.63) is 71.6 Å². The van der Waals surface area contributed by atoms with Crippen LogP contribution >= 0.6 is 0 Å². The van der Waals surface area contributed by atoms with E-state index in [1.54, 1.807) is 12.1 Å². The summed E-state index contributed by atoms with van der Waals surface area (Å²) in [5, 5.41) is 6.07. The first-order valence-electron chi connectivity index (χ1n) is 11.6. The molecule has 0 spiro atoms. The molecular formula is C25H26F5N5O2. The van der Waals surface area contributed by atoms with Gasteiger partial charge in [-0.15, -0.1) is 0 Å². The molecule has 3 atom stereocenters. The van der Waals surface area contributed by atoms with E-state index in [0.29, 0.717) is 11.6 Å². The molecule has 1 saturated heterocycles. The Hall–Kier alpha value is -3.38. The van der Waals surface area contributed by atoms with E-state index in [1.807, 2.05) is 0 Å². The van der Waals surface area contributed by atoms with Crippen LogP contribution in [0.3, 0.4) is 0 Å². The van der Waals surface area contributed by atoms with Crippen molar-refractivity contribution < 1.29 is 31.5 Å². The van der Waals surface area contributed by atoms with Crippen LogP contribution in [0, 0.1) is 0 Å². The molecule has 0 radical (unpaired) electrons. The predicted molar refractivity (Wildman–Crippen MR) is 126 cm³/mol. The molecular weight excluding hydrogens is 497 g/mol. The van der Waals surface area contributed by atoms with Gasteiger partial charge in [0, 0.05) is 42.3 Å². The van der Waals surface area contributed by atoms with Crippen LogP contribution in [-0.2, 0) is 16.8 Å². The number of pyridine rings is 1. The van der Waals surface area contributed by atoms with E-state index < -0.39 is 35.2 Å². The molecule has 2 aromatic rings. The number of benzene rings is 1. The SMILES string of the molecule is NC(=O)C1(c2ccccc2OC[C@@H]2CCCN2)C(C(F)(F)C(F)(F)F)=CC=NC1NCc1ccncc1. The maximum absolute atomic E-state index is 15.1. The lowest BCUT2D eigenvalue weighted by molar-refractivity contribution is -0.267. The van der Waals surface area contributed by atoms with E-state index in [9.17, 15) is 18.0 Å². The van der Waals surface area contributed by atoms with E-state index in [4.69, 9.17) is 10.5 Å². The minimum Gasteiger partial charge on any atom is -0.492 e. The molecule has 1 fully saturated rings. The molecule has 7 nitrogen and oxygen atoms in total. The van der Waals surface area contributed by atoms with Gasteiger partial charge in [-0.05, 0) is 49.2 Å². The van der Waals surface area contributed by atoms with Gasteiger partial charge >= 0.3 is 12.1 Å². The zero-order valence-electron chi connectivity index (χ0n) is 19.6. The second kappa shape index (κ2) is 10.5. The minimum absolute atomic E-state index is 0.0144. The highest BCUT2D eigenvalue weighted by molar-refractivity contribution is 5.96. The molecule has 1 aromatic carbocycles. The molecule has 0 aliphatic carbocycles. The van der Waals surface area contributed by atoms with Crippen LogP contribution in [0.4, 0.5) is 22.0 Å². The maximum atomic E-state index is 15.1. The van der Waals surface area contributed by atoms with Crippen LogP contribution in [0.2, 0.25) is 0 Å². The van der Waals surface area contributed by atoms with Gasteiger partial charge in [-0.1, -0.05) is 18.2 Å². The predicted octanol–water partition coefficient (Wildman–Crippen LogP) is 3.26. The van der Waals surface area contributed by atoms with Crippen LogP contribution < -0.4 is 21.1 Å². The summed E-state index contributed by atoms with van der Waals surface area (Å²) in [7, 11) is 0. The van der Waals surface area contributed by atoms with E-state index in [2.05, 4.69) is 20.6 Å². The highest BCUT2D eigenvalue weighted by atomic mass is 19.4. The van der Waals surface area contributed by atoms with Gasteiger partial charge in [-0.3, -0.25) is 20.1 Å². The fourth-order valence-corrected chi connectivity index (χ4v) is 4.72. The van der Waals surface area contributed by atoms with Crippen LogP contribution in [0.25, 0.3) is 0 Å². The van der Waals surface area contributed by atoms with Crippen molar-refractivity contribution in [1.82, 2.24) is 15.6 Å². The Morgan fingerprint density at radius 2 is 1.89 bits per heavy atom. The van der Waals surface area contributed by atoms with Crippen LogP contribution in [0.1, 0.15) is 24.0 Å². The molecule has 37 heavy (non-hydrogen) atoms. The number of ether oxygens (including phenoxy) is 1. The summed E-state index contributed by atoms with van der Waals surface area (Å²) in [5.41, 5.74) is 1.89. The van der Waals surface area contributed by atoms with E-state index in [-0.39, 0.29) is 30.5 Å². The molecule has 1 aromatic heterocycles. The van der Waals surface area contributed by atoms with Gasteiger partial charge < -0.3 is 15.8 Å². The Labute approximate surface area is 210 Å². The smallest absolute Gasteiger partial charge is 0.457 e. The lowest BCUT2D eigenvalue weighted by Gasteiger charge is -2.43. The zero-order chi connectivity index (χ0) is 26.7. The lowest BCUT2D eigenvalue weighted by atomic mass is 9.67. The largest absolute Gasteiger partial charge is 0.492 e. The Morgan fingerprint density at radius 1 is 1.16 bits per heavy atom. The van der Waals surface area contributed by atoms with Gasteiger partial charge in [0.1, 0.15) is 23.9 Å².